The van der Waals surface area contributed by atoms with Crippen molar-refractivity contribution in [1.82, 2.24) is 10.2 Å². The molecule has 2 N–H and O–H groups in total. The van der Waals surface area contributed by atoms with E-state index in [0.29, 0.717) is 0 Å². The van der Waals surface area contributed by atoms with Crippen molar-refractivity contribution in [3.63, 3.8) is 0 Å². The van der Waals surface area contributed by atoms with Gasteiger partial charge in [0.2, 0.25) is 5.91 Å². The molecule has 0 aromatic heterocycles. The van der Waals surface area contributed by atoms with Crippen LogP contribution in [-0.4, -0.2) is 52.7 Å². The van der Waals surface area contributed by atoms with Crippen LogP contribution in [0.3, 0.4) is 0 Å². The number of nitrogens with one attached hydrogen (secondary N) is 1. The molecular formula is C25H30N2O5. The third-order valence-corrected chi connectivity index (χ3v) is 5.59. The maximum Gasteiger partial charge on any atom is 0.407 e. The molecule has 2 aromatic carbocycles. The first kappa shape index (κ1) is 23.3. The fourth-order valence-corrected chi connectivity index (χ4v) is 4.10. The molecule has 0 spiro atoms. The number of fused-ring (bicyclic) bond motifs is 3. The van der Waals surface area contributed by atoms with E-state index in [4.69, 9.17) is 9.84 Å². The van der Waals surface area contributed by atoms with Crippen LogP contribution in [0.2, 0.25) is 0 Å². The van der Waals surface area contributed by atoms with Crippen LogP contribution in [0.4, 0.5) is 4.79 Å². The summed E-state index contributed by atoms with van der Waals surface area (Å²) < 4.78 is 5.52. The van der Waals surface area contributed by atoms with Crippen molar-refractivity contribution in [3.8, 4) is 11.1 Å². The molecule has 7 heteroatoms. The Hall–Kier alpha value is -3.35. The first-order valence-corrected chi connectivity index (χ1v) is 10.7. The zero-order valence-electron chi connectivity index (χ0n) is 18.9. The van der Waals surface area contributed by atoms with E-state index in [1.54, 1.807) is 27.7 Å². The average Bonchev–Trinajstić information content (AvgIpc) is 3.03. The fraction of sp³-hybridized carbons (Fsp3) is 0.400. The molecule has 0 radical (unpaired) electrons. The smallest absolute Gasteiger partial charge is 0.407 e. The molecule has 170 valence electrons. The van der Waals surface area contributed by atoms with Crippen LogP contribution in [0.15, 0.2) is 48.5 Å². The summed E-state index contributed by atoms with van der Waals surface area (Å²) in [7, 11) is 0. The van der Waals surface area contributed by atoms with Crippen LogP contribution in [0, 0.1) is 0 Å². The highest BCUT2D eigenvalue weighted by Gasteiger charge is 2.31. The van der Waals surface area contributed by atoms with Crippen molar-refractivity contribution in [2.45, 2.75) is 51.6 Å². The Morgan fingerprint density at radius 3 is 2.06 bits per heavy atom. The number of hydrogen-bond donors (Lipinski definition) is 2. The Balaban J connectivity index is 1.58. The van der Waals surface area contributed by atoms with Crippen LogP contribution in [-0.2, 0) is 14.3 Å². The van der Waals surface area contributed by atoms with Gasteiger partial charge in [-0.25, -0.2) is 4.79 Å². The van der Waals surface area contributed by atoms with Crippen molar-refractivity contribution in [2.75, 3.05) is 13.2 Å². The van der Waals surface area contributed by atoms with Gasteiger partial charge in [0.1, 0.15) is 13.2 Å². The number of alkyl carbamates (subject to hydrolysis) is 1. The number of benzene rings is 2. The Morgan fingerprint density at radius 1 is 1.03 bits per heavy atom. The highest BCUT2D eigenvalue weighted by atomic mass is 16.5. The number of aliphatic carboxylic acids is 1. The number of nitrogens with zero attached hydrogens (tertiary/aromatic N) is 1. The van der Waals surface area contributed by atoms with Gasteiger partial charge in [-0.3, -0.25) is 9.59 Å². The molecule has 32 heavy (non-hydrogen) atoms. The number of carbonyl (C=O) groups is 3. The number of carboxylic acid groups (broad SMARTS) is 1. The van der Waals surface area contributed by atoms with Crippen molar-refractivity contribution >= 4 is 18.0 Å². The second-order valence-electron chi connectivity index (χ2n) is 9.12. The Morgan fingerprint density at radius 2 is 1.56 bits per heavy atom. The van der Waals surface area contributed by atoms with E-state index < -0.39 is 23.6 Å². The molecule has 0 saturated carbocycles. The van der Waals surface area contributed by atoms with Crippen molar-refractivity contribution < 1.29 is 24.2 Å². The van der Waals surface area contributed by atoms with E-state index >= 15 is 0 Å². The zero-order valence-corrected chi connectivity index (χ0v) is 18.9. The Kier molecular flexibility index (Phi) is 6.87. The minimum absolute atomic E-state index is 0.0191. The highest BCUT2D eigenvalue weighted by Crippen LogP contribution is 2.44. The van der Waals surface area contributed by atoms with E-state index in [-0.39, 0.29) is 31.4 Å². The van der Waals surface area contributed by atoms with E-state index in [2.05, 4.69) is 17.4 Å². The summed E-state index contributed by atoms with van der Waals surface area (Å²) in [5.41, 5.74) is 3.91. The third-order valence-electron chi connectivity index (χ3n) is 5.59. The molecule has 2 amide bonds. The predicted octanol–water partition coefficient (Wildman–Crippen LogP) is 4.02. The molecule has 0 fully saturated rings. The number of amides is 2. The van der Waals surface area contributed by atoms with Crippen LogP contribution < -0.4 is 5.32 Å². The molecule has 0 heterocycles. The zero-order chi connectivity index (χ0) is 23.5. The normalized spacial score (nSPS) is 13.6. The summed E-state index contributed by atoms with van der Waals surface area (Å²) in [5, 5.41) is 11.8. The van der Waals surface area contributed by atoms with Gasteiger partial charge in [-0.1, -0.05) is 48.5 Å². The summed E-state index contributed by atoms with van der Waals surface area (Å²) in [5.74, 6) is -1.46. The molecule has 1 atom stereocenters. The molecule has 2 aromatic rings. The van der Waals surface area contributed by atoms with Crippen LogP contribution in [0.5, 0.6) is 0 Å². The first-order chi connectivity index (χ1) is 15.1. The lowest BCUT2D eigenvalue weighted by Gasteiger charge is -2.35. The largest absolute Gasteiger partial charge is 0.480 e. The Bertz CT molecular complexity index is 966. The Labute approximate surface area is 188 Å². The highest BCUT2D eigenvalue weighted by molar-refractivity contribution is 5.83. The lowest BCUT2D eigenvalue weighted by atomic mass is 9.98. The minimum atomic E-state index is -1.08. The van der Waals surface area contributed by atoms with E-state index in [1.807, 2.05) is 36.4 Å². The van der Waals surface area contributed by atoms with Crippen molar-refractivity contribution in [1.29, 1.82) is 0 Å². The molecule has 0 aliphatic heterocycles. The van der Waals surface area contributed by atoms with E-state index in [9.17, 15) is 14.4 Å². The van der Waals surface area contributed by atoms with Gasteiger partial charge in [0.15, 0.2) is 0 Å². The fourth-order valence-electron chi connectivity index (χ4n) is 4.10. The van der Waals surface area contributed by atoms with Gasteiger partial charge < -0.3 is 20.1 Å². The summed E-state index contributed by atoms with van der Waals surface area (Å²) in [4.78, 5) is 37.5. The molecule has 1 aliphatic carbocycles. The van der Waals surface area contributed by atoms with E-state index in [0.717, 1.165) is 22.3 Å². The second kappa shape index (κ2) is 9.42. The third kappa shape index (κ3) is 5.28. The number of hydrogen-bond acceptors (Lipinski definition) is 4. The molecule has 0 saturated heterocycles. The summed E-state index contributed by atoms with van der Waals surface area (Å²) >= 11 is 0. The average molecular weight is 439 g/mol. The van der Waals surface area contributed by atoms with Gasteiger partial charge in [0.25, 0.3) is 0 Å². The molecular weight excluding hydrogens is 408 g/mol. The van der Waals surface area contributed by atoms with Gasteiger partial charge in [-0.15, -0.1) is 0 Å². The SMILES string of the molecule is C[C@H](CC(=O)N(CC(=O)O)C(C)(C)C)NC(=O)OCC1c2ccccc2-c2ccccc21. The van der Waals surface area contributed by atoms with Gasteiger partial charge in [0.05, 0.1) is 0 Å². The number of carbonyl (C=O) groups excluding carboxylic acids is 2. The van der Waals surface area contributed by atoms with Gasteiger partial charge in [0, 0.05) is 23.9 Å². The van der Waals surface area contributed by atoms with E-state index in [1.165, 1.54) is 4.90 Å². The van der Waals surface area contributed by atoms with Gasteiger partial charge >= 0.3 is 12.1 Å². The van der Waals surface area contributed by atoms with Crippen molar-refractivity contribution in [2.24, 2.45) is 0 Å². The quantitative estimate of drug-likeness (QED) is 0.681. The topological polar surface area (TPSA) is 95.9 Å². The lowest BCUT2D eigenvalue weighted by molar-refractivity contribution is -0.148. The summed E-state index contributed by atoms with van der Waals surface area (Å²) in [6, 6.07) is 15.7. The number of ether oxygens (including phenoxy) is 1. The van der Waals surface area contributed by atoms with Crippen LogP contribution in [0.25, 0.3) is 11.1 Å². The molecule has 7 nitrogen and oxygen atoms in total. The van der Waals surface area contributed by atoms with Crippen molar-refractivity contribution in [3.05, 3.63) is 59.7 Å². The summed E-state index contributed by atoms with van der Waals surface area (Å²) in [6.45, 7) is 6.82. The predicted molar refractivity (Wildman–Crippen MR) is 121 cm³/mol. The monoisotopic (exact) mass is 438 g/mol. The van der Waals surface area contributed by atoms with Crippen LogP contribution in [0.1, 0.15) is 51.2 Å². The summed E-state index contributed by atoms with van der Waals surface area (Å²) in [6.07, 6.45) is -0.623. The second-order valence-corrected chi connectivity index (χ2v) is 9.12. The molecule has 0 unspecified atom stereocenters. The van der Waals surface area contributed by atoms with Gasteiger partial charge in [-0.2, -0.15) is 0 Å². The van der Waals surface area contributed by atoms with Crippen LogP contribution >= 0.6 is 0 Å². The molecule has 1 aliphatic rings. The molecule has 0 bridgehead atoms. The molecule has 3 rings (SSSR count). The minimum Gasteiger partial charge on any atom is -0.480 e. The lowest BCUT2D eigenvalue weighted by Crippen LogP contribution is -2.50. The maximum atomic E-state index is 12.6. The number of carboxylic acids is 1. The van der Waals surface area contributed by atoms with Gasteiger partial charge in [-0.05, 0) is 49.9 Å². The number of rotatable bonds is 7. The standard InChI is InChI=1S/C25H30N2O5/c1-16(13-22(28)27(14-23(29)30)25(2,3)4)26-24(31)32-15-21-19-11-7-5-9-17(19)18-10-6-8-12-20(18)21/h5-12,16,21H,13-15H2,1-4H3,(H,26,31)(H,29,30)/t16-/m1/s1. The first-order valence-electron chi connectivity index (χ1n) is 10.7. The maximum absolute atomic E-state index is 12.6.